The van der Waals surface area contributed by atoms with Crippen LogP contribution in [-0.4, -0.2) is 59.4 Å². The molecular weight excluding hydrogens is 476 g/mol. The number of carbonyl (C=O) groups excluding carboxylic acids is 1. The molecule has 0 radical (unpaired) electrons. The van der Waals surface area contributed by atoms with E-state index in [1.54, 1.807) is 6.08 Å². The average Bonchev–Trinajstić information content (AvgIpc) is 3.45. The summed E-state index contributed by atoms with van der Waals surface area (Å²) in [5.74, 6) is 1.09. The molecule has 1 aromatic carbocycles. The molecule has 1 aromatic heterocycles. The van der Waals surface area contributed by atoms with E-state index in [9.17, 15) is 13.2 Å². The zero-order chi connectivity index (χ0) is 25.2. The average molecular weight is 513 g/mol. The normalized spacial score (nSPS) is 21.5. The van der Waals surface area contributed by atoms with Crippen molar-refractivity contribution >= 4 is 38.7 Å². The minimum Gasteiger partial charge on any atom is -0.396 e. The van der Waals surface area contributed by atoms with Crippen molar-refractivity contribution in [3.8, 4) is 0 Å². The number of aromatic nitrogens is 1. The number of amidine groups is 1. The van der Waals surface area contributed by atoms with Crippen molar-refractivity contribution in [2.24, 2.45) is 10.9 Å². The molecule has 2 aromatic rings. The Morgan fingerprint density at radius 3 is 2.64 bits per heavy atom. The molecule has 5 rings (SSSR count). The van der Waals surface area contributed by atoms with Crippen molar-refractivity contribution in [1.29, 1.82) is 0 Å². The second-order valence-corrected chi connectivity index (χ2v) is 12.1. The van der Waals surface area contributed by atoms with Gasteiger partial charge in [-0.3, -0.25) is 9.79 Å². The SMILES string of the molecule is O=C1NC(C2CCCCC2)=NC12CCN(S(=O)(=O)/C=C/c1cccc3c1ccn3CCCCO)CC2. The van der Waals surface area contributed by atoms with Gasteiger partial charge in [0.15, 0.2) is 0 Å². The second-order valence-electron chi connectivity index (χ2n) is 10.3. The fourth-order valence-electron chi connectivity index (χ4n) is 5.79. The van der Waals surface area contributed by atoms with E-state index in [2.05, 4.69) is 9.88 Å². The molecule has 1 saturated carbocycles. The minimum absolute atomic E-state index is 0.0640. The number of benzene rings is 1. The van der Waals surface area contributed by atoms with Crippen molar-refractivity contribution in [1.82, 2.24) is 14.2 Å². The number of nitrogens with zero attached hydrogens (tertiary/aromatic N) is 3. The maximum absolute atomic E-state index is 13.1. The van der Waals surface area contributed by atoms with Crippen LogP contribution >= 0.6 is 0 Å². The Kier molecular flexibility index (Phi) is 7.32. The molecule has 36 heavy (non-hydrogen) atoms. The number of hydrogen-bond donors (Lipinski definition) is 2. The number of aryl methyl sites for hydroxylation is 1. The van der Waals surface area contributed by atoms with E-state index < -0.39 is 15.6 Å². The summed E-state index contributed by atoms with van der Waals surface area (Å²) in [6.45, 7) is 1.56. The Labute approximate surface area is 213 Å². The molecule has 2 aliphatic heterocycles. The highest BCUT2D eigenvalue weighted by Gasteiger charge is 2.48. The number of rotatable bonds is 8. The molecule has 1 spiro atoms. The van der Waals surface area contributed by atoms with Crippen LogP contribution in [0, 0.1) is 5.92 Å². The zero-order valence-electron chi connectivity index (χ0n) is 20.7. The van der Waals surface area contributed by atoms with Gasteiger partial charge in [-0.2, -0.15) is 4.31 Å². The number of unbranched alkanes of at least 4 members (excludes halogenated alkanes) is 1. The Hall–Kier alpha value is -2.49. The quantitative estimate of drug-likeness (QED) is 0.527. The van der Waals surface area contributed by atoms with Gasteiger partial charge in [-0.1, -0.05) is 31.4 Å². The third-order valence-corrected chi connectivity index (χ3v) is 9.54. The smallest absolute Gasteiger partial charge is 0.253 e. The minimum atomic E-state index is -3.62. The largest absolute Gasteiger partial charge is 0.396 e. The number of amides is 1. The molecule has 0 unspecified atom stereocenters. The first kappa shape index (κ1) is 25.2. The van der Waals surface area contributed by atoms with E-state index >= 15 is 0 Å². The van der Waals surface area contributed by atoms with Gasteiger partial charge in [0.25, 0.3) is 5.91 Å². The van der Waals surface area contributed by atoms with Gasteiger partial charge in [-0.05, 0) is 62.3 Å². The lowest BCUT2D eigenvalue weighted by atomic mass is 9.88. The van der Waals surface area contributed by atoms with E-state index in [0.29, 0.717) is 18.8 Å². The summed E-state index contributed by atoms with van der Waals surface area (Å²) in [5.41, 5.74) is 1.08. The van der Waals surface area contributed by atoms with Gasteiger partial charge in [0.1, 0.15) is 11.4 Å². The molecule has 2 fully saturated rings. The summed E-state index contributed by atoms with van der Waals surface area (Å²) in [6, 6.07) is 7.88. The van der Waals surface area contributed by atoms with Gasteiger partial charge in [0, 0.05) is 54.7 Å². The third kappa shape index (κ3) is 5.01. The van der Waals surface area contributed by atoms with E-state index in [4.69, 9.17) is 10.1 Å². The number of aliphatic hydroxyl groups is 1. The highest BCUT2D eigenvalue weighted by atomic mass is 32.2. The molecule has 0 atom stereocenters. The topological polar surface area (TPSA) is 104 Å². The van der Waals surface area contributed by atoms with Gasteiger partial charge >= 0.3 is 0 Å². The van der Waals surface area contributed by atoms with Crippen LogP contribution in [0.25, 0.3) is 17.0 Å². The fourth-order valence-corrected chi connectivity index (χ4v) is 6.97. The Morgan fingerprint density at radius 1 is 1.11 bits per heavy atom. The molecule has 3 aliphatic rings. The van der Waals surface area contributed by atoms with Gasteiger partial charge in [0.2, 0.25) is 10.0 Å². The van der Waals surface area contributed by atoms with Crippen LogP contribution in [0.5, 0.6) is 0 Å². The highest BCUT2D eigenvalue weighted by molar-refractivity contribution is 7.92. The van der Waals surface area contributed by atoms with Gasteiger partial charge in [-0.15, -0.1) is 0 Å². The third-order valence-electron chi connectivity index (χ3n) is 7.97. The second kappa shape index (κ2) is 10.5. The lowest BCUT2D eigenvalue weighted by Crippen LogP contribution is -2.50. The molecular formula is C27H36N4O4S. The van der Waals surface area contributed by atoms with Gasteiger partial charge in [-0.25, -0.2) is 8.42 Å². The van der Waals surface area contributed by atoms with Crippen molar-refractivity contribution in [2.75, 3.05) is 19.7 Å². The van der Waals surface area contributed by atoms with E-state index in [1.165, 1.54) is 29.0 Å². The maximum atomic E-state index is 13.1. The summed E-state index contributed by atoms with van der Waals surface area (Å²) < 4.78 is 29.9. The van der Waals surface area contributed by atoms with E-state index in [-0.39, 0.29) is 25.6 Å². The van der Waals surface area contributed by atoms with Crippen LogP contribution in [-0.2, 0) is 21.4 Å². The number of hydrogen-bond acceptors (Lipinski definition) is 5. The predicted molar refractivity (Wildman–Crippen MR) is 142 cm³/mol. The van der Waals surface area contributed by atoms with Crippen molar-refractivity contribution < 1.29 is 18.3 Å². The van der Waals surface area contributed by atoms with E-state index in [0.717, 1.165) is 54.5 Å². The Balaban J connectivity index is 1.26. The fraction of sp³-hybridized carbons (Fsp3) is 0.556. The molecule has 3 heterocycles. The molecule has 0 bridgehead atoms. The standard InChI is InChI=1S/C27H36N4O4S/c32-19-5-4-15-30-16-11-23-21(9-6-10-24(23)30)12-20-36(34,35)31-17-13-27(14-18-31)26(33)28-25(29-27)22-7-2-1-3-8-22/h6,9-12,16,20,22,32H,1-5,7-8,13-15,17-19H2,(H,28,29,33)/b20-12+. The van der Waals surface area contributed by atoms with Crippen molar-refractivity contribution in [3.05, 3.63) is 41.4 Å². The number of aliphatic hydroxyl groups excluding tert-OH is 1. The van der Waals surface area contributed by atoms with Crippen LogP contribution in [0.3, 0.4) is 0 Å². The molecule has 1 saturated heterocycles. The van der Waals surface area contributed by atoms with Crippen molar-refractivity contribution in [3.63, 3.8) is 0 Å². The van der Waals surface area contributed by atoms with Crippen LogP contribution in [0.4, 0.5) is 0 Å². The molecule has 1 aliphatic carbocycles. The van der Waals surface area contributed by atoms with Gasteiger partial charge < -0.3 is 15.0 Å². The first-order valence-corrected chi connectivity index (χ1v) is 14.7. The number of fused-ring (bicyclic) bond motifs is 1. The van der Waals surface area contributed by atoms with Crippen LogP contribution in [0.1, 0.15) is 63.4 Å². The molecule has 8 nitrogen and oxygen atoms in total. The van der Waals surface area contributed by atoms with Gasteiger partial charge in [0.05, 0.1) is 0 Å². The molecule has 1 amide bonds. The summed E-state index contributed by atoms with van der Waals surface area (Å²) >= 11 is 0. The maximum Gasteiger partial charge on any atom is 0.253 e. The van der Waals surface area contributed by atoms with Crippen LogP contribution < -0.4 is 5.32 Å². The van der Waals surface area contributed by atoms with Crippen molar-refractivity contribution in [2.45, 2.75) is 69.9 Å². The van der Waals surface area contributed by atoms with Crippen LogP contribution in [0.15, 0.2) is 40.9 Å². The summed E-state index contributed by atoms with van der Waals surface area (Å²) in [5, 5.41) is 14.4. The lowest BCUT2D eigenvalue weighted by molar-refractivity contribution is -0.124. The summed E-state index contributed by atoms with van der Waals surface area (Å²) in [7, 11) is -3.62. The van der Waals surface area contributed by atoms with E-state index in [1.807, 2.05) is 30.5 Å². The van der Waals surface area contributed by atoms with Crippen LogP contribution in [0.2, 0.25) is 0 Å². The molecule has 9 heteroatoms. The Bertz CT molecular complexity index is 1270. The monoisotopic (exact) mass is 512 g/mol. The molecule has 2 N–H and O–H groups in total. The summed E-state index contributed by atoms with van der Waals surface area (Å²) in [4.78, 5) is 17.7. The highest BCUT2D eigenvalue weighted by Crippen LogP contribution is 2.35. The number of nitrogens with one attached hydrogen (secondary N) is 1. The first-order valence-electron chi connectivity index (χ1n) is 13.2. The zero-order valence-corrected chi connectivity index (χ0v) is 21.5. The lowest BCUT2D eigenvalue weighted by Gasteiger charge is -2.34. The number of piperidine rings is 1. The Morgan fingerprint density at radius 2 is 1.89 bits per heavy atom. The number of aliphatic imine (C=N–C) groups is 1. The number of carbonyl (C=O) groups is 1. The number of sulfonamides is 1. The first-order chi connectivity index (χ1) is 17.4. The molecule has 194 valence electrons. The summed E-state index contributed by atoms with van der Waals surface area (Å²) in [6.07, 6.45) is 11.9. The predicted octanol–water partition coefficient (Wildman–Crippen LogP) is 3.66.